The summed E-state index contributed by atoms with van der Waals surface area (Å²) < 4.78 is 45.6. The molecule has 1 aromatic rings. The zero-order valence-corrected chi connectivity index (χ0v) is 12.0. The van der Waals surface area contributed by atoms with Crippen molar-refractivity contribution < 1.29 is 21.7 Å². The smallest absolute Gasteiger partial charge is 0.264 e. The fraction of sp³-hybridized carbons (Fsp3) is 0.600. The molecule has 0 aliphatic carbocycles. The van der Waals surface area contributed by atoms with Gasteiger partial charge in [0.1, 0.15) is 12.4 Å². The van der Waals surface area contributed by atoms with E-state index >= 15 is 0 Å². The fourth-order valence-electron chi connectivity index (χ4n) is 1.88. The van der Waals surface area contributed by atoms with Crippen LogP contribution in [0.2, 0.25) is 0 Å². The van der Waals surface area contributed by atoms with Crippen molar-refractivity contribution in [1.82, 2.24) is 9.97 Å². The Morgan fingerprint density at radius 2 is 2.26 bits per heavy atom. The molecule has 1 fully saturated rings. The van der Waals surface area contributed by atoms with Gasteiger partial charge in [0, 0.05) is 23.6 Å². The van der Waals surface area contributed by atoms with E-state index in [1.54, 1.807) is 6.07 Å². The lowest BCUT2D eigenvalue weighted by Gasteiger charge is -2.25. The molecule has 1 unspecified atom stereocenters. The Morgan fingerprint density at radius 1 is 1.53 bits per heavy atom. The Morgan fingerprint density at radius 3 is 2.84 bits per heavy atom. The molecule has 1 saturated heterocycles. The van der Waals surface area contributed by atoms with E-state index < -0.39 is 20.7 Å². The molecule has 9 heteroatoms. The van der Waals surface area contributed by atoms with Gasteiger partial charge in [0.15, 0.2) is 0 Å². The van der Waals surface area contributed by atoms with Crippen LogP contribution in [0.4, 0.5) is 0 Å². The Kier molecular flexibility index (Phi) is 4.11. The summed E-state index contributed by atoms with van der Waals surface area (Å²) in [5.74, 6) is 1.05. The molecule has 2 heterocycles. The molecule has 0 radical (unpaired) electrons. The van der Waals surface area contributed by atoms with Crippen molar-refractivity contribution >= 4 is 20.7 Å². The van der Waals surface area contributed by atoms with E-state index in [9.17, 15) is 17.5 Å². The van der Waals surface area contributed by atoms with Gasteiger partial charge in [-0.2, -0.15) is 19.0 Å². The predicted molar refractivity (Wildman–Crippen MR) is 71.6 cm³/mol. The highest BCUT2D eigenvalue weighted by molar-refractivity contribution is 8.24. The minimum absolute atomic E-state index is 0.0943. The molecule has 2 N–H and O–H groups in total. The zero-order chi connectivity index (χ0) is 14.1. The Hall–Kier alpha value is -0.740. The maximum absolute atomic E-state index is 10.9. The largest absolute Gasteiger partial charge is 0.299 e. The Labute approximate surface area is 113 Å². The molecular weight excluding hydrogens is 292 g/mol. The van der Waals surface area contributed by atoms with Crippen molar-refractivity contribution in [2.24, 2.45) is 0 Å². The molecule has 0 amide bonds. The average molecular weight is 308 g/mol. The number of hydrogen-bond donors (Lipinski definition) is 2. The first-order chi connectivity index (χ1) is 8.75. The monoisotopic (exact) mass is 308 g/mol. The van der Waals surface area contributed by atoms with Crippen LogP contribution < -0.4 is 0 Å². The predicted octanol–water partition coefficient (Wildman–Crippen LogP) is 1.19. The van der Waals surface area contributed by atoms with Crippen molar-refractivity contribution in [3.8, 4) is 0 Å². The molecule has 0 bridgehead atoms. The van der Waals surface area contributed by atoms with E-state index in [0.29, 0.717) is 23.7 Å². The molecule has 19 heavy (non-hydrogen) atoms. The molecule has 1 aliphatic rings. The quantitative estimate of drug-likeness (QED) is 0.804. The first kappa shape index (κ1) is 14.7. The van der Waals surface area contributed by atoms with Gasteiger partial charge in [-0.1, -0.05) is 0 Å². The van der Waals surface area contributed by atoms with E-state index in [4.69, 9.17) is 0 Å². The third-order valence-electron chi connectivity index (χ3n) is 2.78. The van der Waals surface area contributed by atoms with E-state index in [1.807, 2.05) is 0 Å². The standard InChI is InChI=1S/C10H16N2O5S2/c1-18(13,14)17-6-9-2-4-11-10(12-9)8-3-5-19(15,16)7-8/h2,4,8,15-16H,3,5-7H2,1H3. The highest BCUT2D eigenvalue weighted by Crippen LogP contribution is 2.50. The summed E-state index contributed by atoms with van der Waals surface area (Å²) in [6.45, 7) is -0.142. The lowest BCUT2D eigenvalue weighted by Crippen LogP contribution is -2.09. The average Bonchev–Trinajstić information content (AvgIpc) is 2.67. The highest BCUT2D eigenvalue weighted by atomic mass is 32.3. The molecule has 1 atom stereocenters. The normalized spacial score (nSPS) is 24.3. The van der Waals surface area contributed by atoms with Gasteiger partial charge < -0.3 is 0 Å². The Balaban J connectivity index is 2.07. The van der Waals surface area contributed by atoms with Crippen LogP contribution in [-0.4, -0.2) is 45.3 Å². The SMILES string of the molecule is CS(=O)(=O)OCc1ccnc(C2CCS(O)(O)C2)n1. The van der Waals surface area contributed by atoms with E-state index in [0.717, 1.165) is 6.26 Å². The van der Waals surface area contributed by atoms with Crippen molar-refractivity contribution in [3.63, 3.8) is 0 Å². The van der Waals surface area contributed by atoms with Crippen LogP contribution in [0.5, 0.6) is 0 Å². The molecule has 1 aromatic heterocycles. The molecule has 0 saturated carbocycles. The van der Waals surface area contributed by atoms with Gasteiger partial charge in [-0.05, 0) is 12.5 Å². The second-order valence-electron chi connectivity index (χ2n) is 4.53. The van der Waals surface area contributed by atoms with E-state index in [1.165, 1.54) is 6.20 Å². The molecule has 2 rings (SSSR count). The van der Waals surface area contributed by atoms with Crippen LogP contribution in [-0.2, 0) is 20.9 Å². The topological polar surface area (TPSA) is 110 Å². The number of rotatable bonds is 4. The van der Waals surface area contributed by atoms with Crippen molar-refractivity contribution in [3.05, 3.63) is 23.8 Å². The van der Waals surface area contributed by atoms with Crippen molar-refractivity contribution in [1.29, 1.82) is 0 Å². The molecule has 1 aliphatic heterocycles. The summed E-state index contributed by atoms with van der Waals surface area (Å²) in [7, 11) is -6.01. The molecule has 108 valence electrons. The van der Waals surface area contributed by atoms with Gasteiger partial charge in [-0.3, -0.25) is 13.3 Å². The minimum Gasteiger partial charge on any atom is -0.299 e. The molecular formula is C10H16N2O5S2. The first-order valence-corrected chi connectivity index (χ1v) is 9.35. The molecule has 0 spiro atoms. The summed E-state index contributed by atoms with van der Waals surface area (Å²) in [6, 6.07) is 1.57. The van der Waals surface area contributed by atoms with Crippen LogP contribution >= 0.6 is 10.6 Å². The van der Waals surface area contributed by atoms with Crippen LogP contribution in [0.25, 0.3) is 0 Å². The van der Waals surface area contributed by atoms with Crippen molar-refractivity contribution in [2.45, 2.75) is 18.9 Å². The lowest BCUT2D eigenvalue weighted by molar-refractivity contribution is 0.306. The van der Waals surface area contributed by atoms with Gasteiger partial charge in [0.2, 0.25) is 0 Å². The summed E-state index contributed by atoms with van der Waals surface area (Å²) >= 11 is 0. The van der Waals surface area contributed by atoms with Crippen molar-refractivity contribution in [2.75, 3.05) is 17.8 Å². The van der Waals surface area contributed by atoms with E-state index in [2.05, 4.69) is 14.2 Å². The number of hydrogen-bond acceptors (Lipinski definition) is 7. The van der Waals surface area contributed by atoms with Crippen LogP contribution in [0.1, 0.15) is 23.9 Å². The van der Waals surface area contributed by atoms with Gasteiger partial charge in [-0.15, -0.1) is 0 Å². The Bertz CT molecular complexity index is 561. The number of nitrogens with zero attached hydrogens (tertiary/aromatic N) is 2. The minimum atomic E-state index is -3.51. The zero-order valence-electron chi connectivity index (χ0n) is 10.4. The van der Waals surface area contributed by atoms with Gasteiger partial charge >= 0.3 is 0 Å². The second-order valence-corrected chi connectivity index (χ2v) is 8.52. The third-order valence-corrected chi connectivity index (χ3v) is 5.15. The van der Waals surface area contributed by atoms with Crippen LogP contribution in [0.3, 0.4) is 0 Å². The summed E-state index contributed by atoms with van der Waals surface area (Å²) in [5, 5.41) is 0. The summed E-state index contributed by atoms with van der Waals surface area (Å²) in [4.78, 5) is 8.32. The maximum Gasteiger partial charge on any atom is 0.264 e. The van der Waals surface area contributed by atoms with Crippen LogP contribution in [0.15, 0.2) is 12.3 Å². The lowest BCUT2D eigenvalue weighted by atomic mass is 10.1. The van der Waals surface area contributed by atoms with Gasteiger partial charge in [0.25, 0.3) is 10.1 Å². The van der Waals surface area contributed by atoms with E-state index in [-0.39, 0.29) is 18.3 Å². The summed E-state index contributed by atoms with van der Waals surface area (Å²) in [6.07, 6.45) is 3.12. The summed E-state index contributed by atoms with van der Waals surface area (Å²) in [5.41, 5.74) is 0.457. The number of aromatic nitrogens is 2. The second kappa shape index (κ2) is 5.33. The van der Waals surface area contributed by atoms with Gasteiger partial charge in [0.05, 0.1) is 11.9 Å². The van der Waals surface area contributed by atoms with Gasteiger partial charge in [-0.25, -0.2) is 9.97 Å². The highest BCUT2D eigenvalue weighted by Gasteiger charge is 2.31. The third kappa shape index (κ3) is 4.39. The first-order valence-electron chi connectivity index (χ1n) is 5.65. The molecule has 0 aromatic carbocycles. The maximum atomic E-state index is 10.9. The molecule has 7 nitrogen and oxygen atoms in total. The van der Waals surface area contributed by atoms with Crippen LogP contribution in [0, 0.1) is 0 Å². The fourth-order valence-corrected chi connectivity index (χ4v) is 4.00.